The number of rotatable bonds is 2. The Morgan fingerprint density at radius 3 is 2.92 bits per heavy atom. The maximum atomic E-state index is 12.5. The second-order valence-electron chi connectivity index (χ2n) is 6.93. The van der Waals surface area contributed by atoms with Crippen LogP contribution in [-0.4, -0.2) is 39.7 Å². The number of carbonyl (C=O) groups excluding carboxylic acids is 1. The van der Waals surface area contributed by atoms with Crippen molar-refractivity contribution in [1.82, 2.24) is 4.90 Å². The zero-order valence-electron chi connectivity index (χ0n) is 13.8. The lowest BCUT2D eigenvalue weighted by molar-refractivity contribution is -0.385. The van der Waals surface area contributed by atoms with Gasteiger partial charge in [-0.05, 0) is 38.3 Å². The summed E-state index contributed by atoms with van der Waals surface area (Å²) in [5, 5.41) is 24.3. The summed E-state index contributed by atoms with van der Waals surface area (Å²) in [6, 6.07) is 4.35. The lowest BCUT2D eigenvalue weighted by Gasteiger charge is -2.47. The first-order valence-corrected chi connectivity index (χ1v) is 8.42. The molecule has 24 heavy (non-hydrogen) atoms. The number of anilines is 1. The largest absolute Gasteiger partial charge is 0.389 e. The zero-order valence-corrected chi connectivity index (χ0v) is 13.8. The average Bonchev–Trinajstić information content (AvgIpc) is 2.53. The van der Waals surface area contributed by atoms with E-state index < -0.39 is 10.5 Å². The Morgan fingerprint density at radius 2 is 2.21 bits per heavy atom. The lowest BCUT2D eigenvalue weighted by atomic mass is 9.71. The standard InChI is InChI=1S/C17H23N3O4/c1-12-10-14(5-6-15(12)20(23)24)18-16(21)19-9-8-17(22)7-3-2-4-13(17)11-19/h5-6,10,13,22H,2-4,7-9,11H2,1H3,(H,18,21)/t13-,17+/m0/s1. The van der Waals surface area contributed by atoms with Gasteiger partial charge in [-0.2, -0.15) is 0 Å². The number of nitro groups is 1. The number of aryl methyl sites for hydroxylation is 1. The fraction of sp³-hybridized carbons (Fsp3) is 0.588. The van der Waals surface area contributed by atoms with Crippen molar-refractivity contribution in [3.05, 3.63) is 33.9 Å². The van der Waals surface area contributed by atoms with E-state index in [0.717, 1.165) is 25.7 Å². The van der Waals surface area contributed by atoms with E-state index in [4.69, 9.17) is 0 Å². The minimum atomic E-state index is -0.612. The Hall–Kier alpha value is -2.15. The minimum Gasteiger partial charge on any atom is -0.389 e. The summed E-state index contributed by atoms with van der Waals surface area (Å²) in [7, 11) is 0. The highest BCUT2D eigenvalue weighted by molar-refractivity contribution is 5.89. The monoisotopic (exact) mass is 333 g/mol. The minimum absolute atomic E-state index is 0.0400. The van der Waals surface area contributed by atoms with Crippen molar-refractivity contribution in [3.8, 4) is 0 Å². The van der Waals surface area contributed by atoms with Crippen molar-refractivity contribution in [2.45, 2.75) is 44.6 Å². The summed E-state index contributed by atoms with van der Waals surface area (Å²) in [6.45, 7) is 2.75. The van der Waals surface area contributed by atoms with Crippen LogP contribution in [0.25, 0.3) is 0 Å². The number of carbonyl (C=O) groups is 1. The van der Waals surface area contributed by atoms with Crippen molar-refractivity contribution in [2.75, 3.05) is 18.4 Å². The van der Waals surface area contributed by atoms with Gasteiger partial charge in [0.1, 0.15) is 0 Å². The summed E-state index contributed by atoms with van der Waals surface area (Å²) in [5.74, 6) is 0.143. The van der Waals surface area contributed by atoms with Crippen molar-refractivity contribution < 1.29 is 14.8 Å². The van der Waals surface area contributed by atoms with Crippen LogP contribution in [0.5, 0.6) is 0 Å². The van der Waals surface area contributed by atoms with Crippen LogP contribution in [0.2, 0.25) is 0 Å². The second kappa shape index (κ2) is 6.39. The number of hydrogen-bond donors (Lipinski definition) is 2. The van der Waals surface area contributed by atoms with Gasteiger partial charge in [0.05, 0.1) is 10.5 Å². The molecule has 2 amide bonds. The summed E-state index contributed by atoms with van der Waals surface area (Å²) in [4.78, 5) is 24.6. The molecule has 3 rings (SSSR count). The van der Waals surface area contributed by atoms with Crippen molar-refractivity contribution in [3.63, 3.8) is 0 Å². The van der Waals surface area contributed by atoms with Gasteiger partial charge >= 0.3 is 6.03 Å². The van der Waals surface area contributed by atoms with E-state index in [1.807, 2.05) is 0 Å². The first-order valence-electron chi connectivity index (χ1n) is 8.42. The normalized spacial score (nSPS) is 26.6. The van der Waals surface area contributed by atoms with Crippen LogP contribution in [0, 0.1) is 23.0 Å². The average molecular weight is 333 g/mol. The van der Waals surface area contributed by atoms with Gasteiger partial charge in [0.2, 0.25) is 0 Å². The molecule has 2 fully saturated rings. The van der Waals surface area contributed by atoms with Gasteiger partial charge in [-0.3, -0.25) is 10.1 Å². The first kappa shape index (κ1) is 16.7. The molecule has 1 aliphatic carbocycles. The third-order valence-corrected chi connectivity index (χ3v) is 5.36. The Bertz CT molecular complexity index is 663. The Morgan fingerprint density at radius 1 is 1.42 bits per heavy atom. The number of aliphatic hydroxyl groups is 1. The number of nitrogens with one attached hydrogen (secondary N) is 1. The molecule has 7 heteroatoms. The molecule has 1 heterocycles. The van der Waals surface area contributed by atoms with Crippen LogP contribution < -0.4 is 5.32 Å². The third kappa shape index (κ3) is 3.21. The highest BCUT2D eigenvalue weighted by Gasteiger charge is 2.43. The number of amides is 2. The van der Waals surface area contributed by atoms with E-state index in [1.54, 1.807) is 24.0 Å². The molecule has 1 aliphatic heterocycles. The van der Waals surface area contributed by atoms with Crippen LogP contribution >= 0.6 is 0 Å². The van der Waals surface area contributed by atoms with Crippen LogP contribution in [-0.2, 0) is 0 Å². The van der Waals surface area contributed by atoms with E-state index >= 15 is 0 Å². The first-order chi connectivity index (χ1) is 11.4. The Labute approximate surface area is 140 Å². The van der Waals surface area contributed by atoms with E-state index in [9.17, 15) is 20.0 Å². The highest BCUT2D eigenvalue weighted by atomic mass is 16.6. The lowest BCUT2D eigenvalue weighted by Crippen LogP contribution is -2.55. The quantitative estimate of drug-likeness (QED) is 0.642. The SMILES string of the molecule is Cc1cc(NC(=O)N2CC[C@]3(O)CCCC[C@H]3C2)ccc1[N+](=O)[O-]. The van der Waals surface area contributed by atoms with Crippen LogP contribution in [0.3, 0.4) is 0 Å². The van der Waals surface area contributed by atoms with Crippen molar-refractivity contribution >= 4 is 17.4 Å². The predicted molar refractivity (Wildman–Crippen MR) is 89.9 cm³/mol. The number of piperidine rings is 1. The van der Waals surface area contributed by atoms with Crippen molar-refractivity contribution in [2.24, 2.45) is 5.92 Å². The van der Waals surface area contributed by atoms with Crippen LogP contribution in [0.1, 0.15) is 37.7 Å². The molecule has 1 aromatic carbocycles. The molecule has 2 atom stereocenters. The Kier molecular flexibility index (Phi) is 4.45. The Balaban J connectivity index is 1.65. The molecule has 1 aromatic rings. The summed E-state index contributed by atoms with van der Waals surface area (Å²) in [5.41, 5.74) is 0.489. The number of urea groups is 1. The molecule has 130 valence electrons. The van der Waals surface area contributed by atoms with E-state index in [-0.39, 0.29) is 17.6 Å². The van der Waals surface area contributed by atoms with E-state index in [0.29, 0.717) is 30.8 Å². The molecule has 0 unspecified atom stereocenters. The van der Waals surface area contributed by atoms with Gasteiger partial charge in [-0.15, -0.1) is 0 Å². The smallest absolute Gasteiger partial charge is 0.321 e. The number of fused-ring (bicyclic) bond motifs is 1. The number of nitro benzene ring substituents is 1. The number of likely N-dealkylation sites (tertiary alicyclic amines) is 1. The molecule has 0 spiro atoms. The molecule has 2 N–H and O–H groups in total. The highest BCUT2D eigenvalue weighted by Crippen LogP contribution is 2.39. The van der Waals surface area contributed by atoms with Gasteiger partial charge in [0.25, 0.3) is 5.69 Å². The third-order valence-electron chi connectivity index (χ3n) is 5.36. The fourth-order valence-electron chi connectivity index (χ4n) is 3.90. The zero-order chi connectivity index (χ0) is 17.3. The van der Waals surface area contributed by atoms with Crippen LogP contribution in [0.4, 0.5) is 16.2 Å². The van der Waals surface area contributed by atoms with Crippen LogP contribution in [0.15, 0.2) is 18.2 Å². The van der Waals surface area contributed by atoms with E-state index in [1.165, 1.54) is 6.07 Å². The second-order valence-corrected chi connectivity index (χ2v) is 6.93. The van der Waals surface area contributed by atoms with Gasteiger partial charge in [-0.1, -0.05) is 12.8 Å². The maximum Gasteiger partial charge on any atom is 0.321 e. The fourth-order valence-corrected chi connectivity index (χ4v) is 3.90. The molecule has 7 nitrogen and oxygen atoms in total. The van der Waals surface area contributed by atoms with E-state index in [2.05, 4.69) is 5.32 Å². The topological polar surface area (TPSA) is 95.7 Å². The molecule has 1 saturated carbocycles. The number of hydrogen-bond acceptors (Lipinski definition) is 4. The molecule has 0 aromatic heterocycles. The molecular weight excluding hydrogens is 310 g/mol. The number of benzene rings is 1. The van der Waals surface area contributed by atoms with Gasteiger partial charge in [-0.25, -0.2) is 4.79 Å². The predicted octanol–water partition coefficient (Wildman–Crippen LogP) is 3.06. The molecule has 1 saturated heterocycles. The van der Waals surface area contributed by atoms with Gasteiger partial charge in [0, 0.05) is 36.3 Å². The molecule has 0 bridgehead atoms. The molecule has 2 aliphatic rings. The summed E-state index contributed by atoms with van der Waals surface area (Å²) < 4.78 is 0. The summed E-state index contributed by atoms with van der Waals surface area (Å²) >= 11 is 0. The van der Waals surface area contributed by atoms with Crippen molar-refractivity contribution in [1.29, 1.82) is 0 Å². The van der Waals surface area contributed by atoms with Gasteiger partial charge < -0.3 is 15.3 Å². The maximum absolute atomic E-state index is 12.5. The summed E-state index contributed by atoms with van der Waals surface area (Å²) in [6.07, 6.45) is 4.56. The number of nitrogens with zero attached hydrogens (tertiary/aromatic N) is 2. The van der Waals surface area contributed by atoms with Gasteiger partial charge in [0.15, 0.2) is 0 Å². The molecular formula is C17H23N3O4. The molecule has 0 radical (unpaired) electrons.